The van der Waals surface area contributed by atoms with E-state index >= 15 is 0 Å². The Labute approximate surface area is 275 Å². The molecule has 0 spiro atoms. The third kappa shape index (κ3) is 8.41. The van der Waals surface area contributed by atoms with Crippen LogP contribution in [0.1, 0.15) is 60.3 Å². The van der Waals surface area contributed by atoms with Gasteiger partial charge in [-0.3, -0.25) is 14.5 Å². The number of nitrogens with zero attached hydrogens (tertiary/aromatic N) is 1. The van der Waals surface area contributed by atoms with E-state index in [4.69, 9.17) is 9.05 Å². The van der Waals surface area contributed by atoms with Crippen LogP contribution >= 0.6 is 8.38 Å². The molecule has 0 radical (unpaired) electrons. The highest BCUT2D eigenvalue weighted by Gasteiger charge is 2.37. The number of nitrogens with one attached hydrogen (secondary N) is 2. The number of aryl methyl sites for hydroxylation is 1. The number of carbonyl (C=O) groups is 2. The fourth-order valence-electron chi connectivity index (χ4n) is 6.91. The van der Waals surface area contributed by atoms with Gasteiger partial charge in [0.2, 0.25) is 11.8 Å². The molecule has 2 saturated heterocycles. The molecule has 2 N–H and O–H groups in total. The van der Waals surface area contributed by atoms with Crippen LogP contribution in [0.3, 0.4) is 0 Å². The van der Waals surface area contributed by atoms with E-state index in [-0.39, 0.29) is 18.0 Å². The summed E-state index contributed by atoms with van der Waals surface area (Å²) >= 11 is 0. The molecule has 250 valence electrons. The van der Waals surface area contributed by atoms with Crippen LogP contribution in [-0.4, -0.2) is 67.4 Å². The second kappa shape index (κ2) is 15.3. The van der Waals surface area contributed by atoms with Crippen molar-refractivity contribution in [1.82, 2.24) is 15.5 Å². The smallest absolute Gasteiger partial charge is 0.347 e. The summed E-state index contributed by atoms with van der Waals surface area (Å²) in [6.45, 7) is 1.14. The number of rotatable bonds is 11. The fraction of sp³-hybridized carbons (Fsp3) is 0.444. The van der Waals surface area contributed by atoms with E-state index < -0.39 is 32.9 Å². The lowest BCUT2D eigenvalue weighted by Gasteiger charge is -2.36. The number of alkyl halides is 3. The zero-order valence-corrected chi connectivity index (χ0v) is 27.2. The molecule has 3 aliphatic rings. The van der Waals surface area contributed by atoms with Gasteiger partial charge >= 0.3 is 6.18 Å². The molecule has 3 aromatic rings. The number of amides is 2. The van der Waals surface area contributed by atoms with E-state index in [2.05, 4.69) is 27.7 Å². The lowest BCUT2D eigenvalue weighted by molar-refractivity contribution is -0.138. The molecular weight excluding hydrogens is 626 g/mol. The summed E-state index contributed by atoms with van der Waals surface area (Å²) in [5.41, 5.74) is 5.49. The number of unbranched alkanes of at least 4 members (excludes halogenated alkanes) is 1. The maximum Gasteiger partial charge on any atom is 0.405 e. The molecule has 2 unspecified atom stereocenters. The van der Waals surface area contributed by atoms with Crippen LogP contribution in [0.15, 0.2) is 72.8 Å². The number of fused-ring (bicyclic) bond motifs is 3. The van der Waals surface area contributed by atoms with Gasteiger partial charge in [0.1, 0.15) is 6.54 Å². The Balaban J connectivity index is 0.981. The van der Waals surface area contributed by atoms with Crippen LogP contribution in [-0.2, 0) is 31.6 Å². The minimum atomic E-state index is -4.48. The van der Waals surface area contributed by atoms with Crippen LogP contribution < -0.4 is 10.6 Å². The molecule has 2 atom stereocenters. The maximum absolute atomic E-state index is 13.3. The molecule has 2 aliphatic heterocycles. The van der Waals surface area contributed by atoms with Gasteiger partial charge in [0, 0.05) is 12.7 Å². The number of likely N-dealkylation sites (tertiary alicyclic amines) is 1. The highest BCUT2D eigenvalue weighted by molar-refractivity contribution is 7.47. The van der Waals surface area contributed by atoms with Gasteiger partial charge in [-0.05, 0) is 72.0 Å². The van der Waals surface area contributed by atoms with E-state index in [1.165, 1.54) is 5.56 Å². The van der Waals surface area contributed by atoms with Crippen molar-refractivity contribution in [2.24, 2.45) is 0 Å². The van der Waals surface area contributed by atoms with Crippen molar-refractivity contribution >= 4 is 20.2 Å². The predicted octanol–water partition coefficient (Wildman–Crippen LogP) is 6.70. The average Bonchev–Trinajstić information content (AvgIpc) is 3.42. The van der Waals surface area contributed by atoms with Crippen molar-refractivity contribution in [1.29, 1.82) is 0 Å². The summed E-state index contributed by atoms with van der Waals surface area (Å²) in [5, 5.41) is 5.27. The van der Waals surface area contributed by atoms with Gasteiger partial charge in [0.15, 0.2) is 8.38 Å². The summed E-state index contributed by atoms with van der Waals surface area (Å²) in [6.07, 6.45) is 1.57. The minimum Gasteiger partial charge on any atom is -0.347 e. The van der Waals surface area contributed by atoms with Crippen molar-refractivity contribution in [2.45, 2.75) is 69.2 Å². The first-order valence-electron chi connectivity index (χ1n) is 16.4. The topological polar surface area (TPSA) is 79.9 Å². The van der Waals surface area contributed by atoms with Gasteiger partial charge in [-0.25, -0.2) is 0 Å². The average molecular weight is 668 g/mol. The summed E-state index contributed by atoms with van der Waals surface area (Å²) in [7, 11) is -1.07. The zero-order valence-electron chi connectivity index (χ0n) is 26.3. The van der Waals surface area contributed by atoms with E-state index in [9.17, 15) is 22.8 Å². The SMILES string of the molecule is O=C(NCC(F)(F)F)C1c2ccccc2-c2cccc(CCCCP3OCC(NC(=O)C4CCCCN4Cc4ccccc4)CO3)c21. The maximum atomic E-state index is 13.3. The highest BCUT2D eigenvalue weighted by atomic mass is 31.2. The van der Waals surface area contributed by atoms with Crippen molar-refractivity contribution < 1.29 is 31.8 Å². The molecule has 11 heteroatoms. The molecule has 7 nitrogen and oxygen atoms in total. The highest BCUT2D eigenvalue weighted by Crippen LogP contribution is 2.47. The number of hydrogen-bond acceptors (Lipinski definition) is 5. The third-order valence-electron chi connectivity index (χ3n) is 9.14. The summed E-state index contributed by atoms with van der Waals surface area (Å²) in [4.78, 5) is 28.6. The number of halogens is 3. The summed E-state index contributed by atoms with van der Waals surface area (Å²) in [6, 6.07) is 23.2. The van der Waals surface area contributed by atoms with Crippen molar-refractivity contribution in [3.8, 4) is 11.1 Å². The van der Waals surface area contributed by atoms with Gasteiger partial charge in [-0.1, -0.05) is 79.2 Å². The second-order valence-electron chi connectivity index (χ2n) is 12.5. The Morgan fingerprint density at radius 3 is 2.40 bits per heavy atom. The lowest BCUT2D eigenvalue weighted by Crippen LogP contribution is -2.53. The second-order valence-corrected chi connectivity index (χ2v) is 14.1. The fourth-order valence-corrected chi connectivity index (χ4v) is 8.42. The minimum absolute atomic E-state index is 0.0343. The third-order valence-corrected chi connectivity index (χ3v) is 10.7. The number of piperidine rings is 1. The zero-order chi connectivity index (χ0) is 32.8. The van der Waals surface area contributed by atoms with Crippen molar-refractivity contribution in [3.63, 3.8) is 0 Å². The van der Waals surface area contributed by atoms with E-state index in [0.29, 0.717) is 19.6 Å². The van der Waals surface area contributed by atoms with Crippen LogP contribution in [0.2, 0.25) is 0 Å². The van der Waals surface area contributed by atoms with E-state index in [1.54, 1.807) is 0 Å². The van der Waals surface area contributed by atoms with Crippen molar-refractivity contribution in [3.05, 3.63) is 95.1 Å². The Morgan fingerprint density at radius 1 is 0.872 bits per heavy atom. The first-order chi connectivity index (χ1) is 22.8. The molecule has 1 aliphatic carbocycles. The summed E-state index contributed by atoms with van der Waals surface area (Å²) < 4.78 is 50.8. The van der Waals surface area contributed by atoms with Crippen LogP contribution in [0.25, 0.3) is 11.1 Å². The van der Waals surface area contributed by atoms with E-state index in [1.807, 2.05) is 60.7 Å². The molecule has 47 heavy (non-hydrogen) atoms. The molecule has 0 aromatic heterocycles. The molecule has 2 amide bonds. The lowest BCUT2D eigenvalue weighted by atomic mass is 9.90. The number of carbonyl (C=O) groups excluding carboxylic acids is 2. The number of benzene rings is 3. The van der Waals surface area contributed by atoms with Gasteiger partial charge in [-0.2, -0.15) is 13.2 Å². The van der Waals surface area contributed by atoms with E-state index in [0.717, 1.165) is 79.2 Å². The first-order valence-corrected chi connectivity index (χ1v) is 17.8. The standard InChI is InChI=1S/C36H41F3N3O4P/c37-36(38,39)24-40-35(44)33-30-16-5-4-15-28(30)29-17-10-14-26(32(29)33)13-7-9-20-47-45-22-27(23-46-47)41-34(43)31-18-6-8-19-42(31)21-25-11-2-1-3-12-25/h1-5,10-12,14-17,27,31,33H,6-9,13,18-24H2,(H,40,44)(H,41,43). The Bertz CT molecular complexity index is 1530. The molecule has 2 fully saturated rings. The molecule has 0 bridgehead atoms. The van der Waals surface area contributed by atoms with Gasteiger partial charge < -0.3 is 19.7 Å². The van der Waals surface area contributed by atoms with Crippen LogP contribution in [0, 0.1) is 0 Å². The number of hydrogen-bond donors (Lipinski definition) is 2. The quantitative estimate of drug-likeness (QED) is 0.176. The molecule has 3 aromatic carbocycles. The Kier molecular flexibility index (Phi) is 10.9. The summed E-state index contributed by atoms with van der Waals surface area (Å²) in [5.74, 6) is -1.38. The van der Waals surface area contributed by atoms with Gasteiger partial charge in [0.25, 0.3) is 0 Å². The monoisotopic (exact) mass is 667 g/mol. The molecule has 6 rings (SSSR count). The Morgan fingerprint density at radius 2 is 1.62 bits per heavy atom. The largest absolute Gasteiger partial charge is 0.405 e. The van der Waals surface area contributed by atoms with Crippen molar-refractivity contribution in [2.75, 3.05) is 32.5 Å². The van der Waals surface area contributed by atoms with Gasteiger partial charge in [-0.15, -0.1) is 0 Å². The van der Waals surface area contributed by atoms with Gasteiger partial charge in [0.05, 0.1) is 31.2 Å². The van der Waals surface area contributed by atoms with Crippen LogP contribution in [0.4, 0.5) is 13.2 Å². The Hall–Kier alpha value is -3.30. The molecule has 0 saturated carbocycles. The molecular formula is C36H41F3N3O4P. The predicted molar refractivity (Wildman–Crippen MR) is 176 cm³/mol. The van der Waals surface area contributed by atoms with Crippen LogP contribution in [0.5, 0.6) is 0 Å². The molecule has 2 heterocycles. The first kappa shape index (κ1) is 33.6. The normalized spacial score (nSPS) is 22.7.